The second-order valence-corrected chi connectivity index (χ2v) is 13.7. The first kappa shape index (κ1) is 31.5. The van der Waals surface area contributed by atoms with Crippen molar-refractivity contribution in [3.63, 3.8) is 0 Å². The lowest BCUT2D eigenvalue weighted by Crippen LogP contribution is -2.45. The van der Waals surface area contributed by atoms with Crippen molar-refractivity contribution in [2.75, 3.05) is 4.90 Å². The van der Waals surface area contributed by atoms with Crippen LogP contribution in [0.15, 0.2) is 225 Å². The van der Waals surface area contributed by atoms with Gasteiger partial charge in [0.15, 0.2) is 0 Å². The van der Waals surface area contributed by atoms with Gasteiger partial charge < -0.3 is 4.90 Å². The maximum Gasteiger partial charge on any atom is 0.0708 e. The molecule has 0 atom stereocenters. The molecule has 2 aliphatic carbocycles. The molecule has 0 bridgehead atoms. The molecular weight excluding hydrogens is 627 g/mol. The van der Waals surface area contributed by atoms with Crippen molar-refractivity contribution in [3.05, 3.63) is 269 Å². The molecule has 0 unspecified atom stereocenters. The summed E-state index contributed by atoms with van der Waals surface area (Å²) >= 11 is 0. The number of nitrogens with zero attached hydrogens (tertiary/aromatic N) is 1. The summed E-state index contributed by atoms with van der Waals surface area (Å²) in [4.78, 5) is 2.37. The summed E-state index contributed by atoms with van der Waals surface area (Å²) < 4.78 is 0. The van der Waals surface area contributed by atoms with E-state index in [0.717, 1.165) is 29.1 Å². The summed E-state index contributed by atoms with van der Waals surface area (Å²) in [7, 11) is 0. The molecule has 0 fully saturated rings. The number of fused-ring (bicyclic) bond motifs is 6. The van der Waals surface area contributed by atoms with E-state index in [0.29, 0.717) is 0 Å². The molecule has 2 aliphatic rings. The Morgan fingerprint density at radius 1 is 0.404 bits per heavy atom. The summed E-state index contributed by atoms with van der Waals surface area (Å²) in [6.45, 7) is 4.98. The lowest BCUT2D eigenvalue weighted by Gasteiger charge is -2.51. The zero-order valence-electron chi connectivity index (χ0n) is 29.1. The van der Waals surface area contributed by atoms with Gasteiger partial charge in [0.2, 0.25) is 0 Å². The quantitative estimate of drug-likeness (QED) is 0.177. The molecule has 248 valence electrons. The highest BCUT2D eigenvalue weighted by molar-refractivity contribution is 5.81. The summed E-state index contributed by atoms with van der Waals surface area (Å²) in [6, 6.07) is 68.8. The van der Waals surface area contributed by atoms with Crippen LogP contribution < -0.4 is 4.90 Å². The van der Waals surface area contributed by atoms with E-state index in [-0.39, 0.29) is 0 Å². The van der Waals surface area contributed by atoms with Crippen LogP contribution in [0.5, 0.6) is 0 Å². The summed E-state index contributed by atoms with van der Waals surface area (Å²) in [5, 5.41) is 0. The van der Waals surface area contributed by atoms with Gasteiger partial charge in [0.25, 0.3) is 0 Å². The Hall–Kier alpha value is -6.44. The van der Waals surface area contributed by atoms with Crippen LogP contribution >= 0.6 is 0 Å². The minimum atomic E-state index is -0.687. The van der Waals surface area contributed by atoms with E-state index in [1.165, 1.54) is 44.5 Å². The Kier molecular flexibility index (Phi) is 7.90. The molecule has 1 heteroatoms. The minimum Gasteiger partial charge on any atom is -0.310 e. The smallest absolute Gasteiger partial charge is 0.0708 e. The van der Waals surface area contributed by atoms with Crippen molar-refractivity contribution >= 4 is 17.1 Å². The second-order valence-electron chi connectivity index (χ2n) is 13.7. The zero-order valence-corrected chi connectivity index (χ0v) is 29.1. The van der Waals surface area contributed by atoms with Crippen LogP contribution in [0.4, 0.5) is 17.1 Å². The van der Waals surface area contributed by atoms with Gasteiger partial charge in [-0.2, -0.15) is 0 Å². The Balaban J connectivity index is 1.42. The first-order chi connectivity index (χ1) is 25.7. The molecule has 0 heterocycles. The van der Waals surface area contributed by atoms with Crippen LogP contribution in [-0.4, -0.2) is 0 Å². The first-order valence-electron chi connectivity index (χ1n) is 18.1. The average Bonchev–Trinajstić information content (AvgIpc) is 3.28. The van der Waals surface area contributed by atoms with Crippen molar-refractivity contribution in [1.29, 1.82) is 0 Å². The van der Waals surface area contributed by atoms with Gasteiger partial charge in [-0.3, -0.25) is 0 Å². The summed E-state index contributed by atoms with van der Waals surface area (Å²) in [6.07, 6.45) is 9.64. The molecule has 0 amide bonds. The van der Waals surface area contributed by atoms with E-state index in [2.05, 4.69) is 217 Å². The Labute approximate surface area is 307 Å². The second kappa shape index (κ2) is 13.0. The monoisotopic (exact) mass is 665 g/mol. The van der Waals surface area contributed by atoms with E-state index >= 15 is 0 Å². The van der Waals surface area contributed by atoms with Crippen LogP contribution in [0.2, 0.25) is 0 Å². The summed E-state index contributed by atoms with van der Waals surface area (Å²) in [5.41, 5.74) is 13.2. The third-order valence-electron chi connectivity index (χ3n) is 11.0. The van der Waals surface area contributed by atoms with Crippen LogP contribution in [0.3, 0.4) is 0 Å². The molecule has 0 aromatic heterocycles. The standard InChI is InChI=1S/C51H39N/c1-38-21-7-2-8-22-39-35-36-44(52(42-27-13-5-14-28-42)43-29-15-6-16-30-43)37-49(39)50(38)45-31-17-19-33-47(45)51(40-23-9-3-10-24-40,41-25-11-4-12-26-41)48-34-20-18-32-46(48)50/h2-21,23-37H,1,22H2/b8-2-,21-7-. The third kappa shape index (κ3) is 4.77. The van der Waals surface area contributed by atoms with E-state index in [4.69, 9.17) is 6.58 Å². The fraction of sp³-hybridized carbons (Fsp3) is 0.0588. The molecule has 0 saturated carbocycles. The van der Waals surface area contributed by atoms with Crippen molar-refractivity contribution in [2.24, 2.45) is 0 Å². The number of allylic oxidation sites excluding steroid dienone is 5. The van der Waals surface area contributed by atoms with Crippen molar-refractivity contribution in [3.8, 4) is 0 Å². The molecule has 0 aliphatic heterocycles. The lowest BCUT2D eigenvalue weighted by molar-refractivity contribution is 0.613. The number of hydrogen-bond donors (Lipinski definition) is 0. The lowest BCUT2D eigenvalue weighted by atomic mass is 9.50. The van der Waals surface area contributed by atoms with E-state index in [9.17, 15) is 0 Å². The van der Waals surface area contributed by atoms with Crippen LogP contribution in [0.25, 0.3) is 0 Å². The first-order valence-corrected chi connectivity index (χ1v) is 18.1. The van der Waals surface area contributed by atoms with Crippen molar-refractivity contribution in [2.45, 2.75) is 17.3 Å². The molecule has 9 rings (SSSR count). The molecular formula is C51H39N. The Bertz CT molecular complexity index is 2310. The van der Waals surface area contributed by atoms with E-state index < -0.39 is 10.8 Å². The number of rotatable bonds is 5. The van der Waals surface area contributed by atoms with Gasteiger partial charge in [0, 0.05) is 17.1 Å². The number of para-hydroxylation sites is 2. The number of hydrogen-bond acceptors (Lipinski definition) is 1. The van der Waals surface area contributed by atoms with Gasteiger partial charge in [-0.05, 0) is 92.9 Å². The molecule has 0 saturated heterocycles. The molecule has 52 heavy (non-hydrogen) atoms. The normalized spacial score (nSPS) is 16.3. The van der Waals surface area contributed by atoms with Crippen molar-refractivity contribution in [1.82, 2.24) is 0 Å². The third-order valence-corrected chi connectivity index (χ3v) is 11.0. The molecule has 0 N–H and O–H groups in total. The van der Waals surface area contributed by atoms with Gasteiger partial charge in [-0.25, -0.2) is 0 Å². The van der Waals surface area contributed by atoms with Crippen LogP contribution in [0.1, 0.15) is 44.5 Å². The molecule has 0 radical (unpaired) electrons. The number of anilines is 3. The largest absolute Gasteiger partial charge is 0.310 e. The van der Waals surface area contributed by atoms with E-state index in [1.54, 1.807) is 0 Å². The predicted octanol–water partition coefficient (Wildman–Crippen LogP) is 12.4. The van der Waals surface area contributed by atoms with Crippen LogP contribution in [0, 0.1) is 0 Å². The molecule has 1 nitrogen and oxygen atoms in total. The molecule has 1 spiro atoms. The predicted molar refractivity (Wildman–Crippen MR) is 217 cm³/mol. The highest BCUT2D eigenvalue weighted by atomic mass is 15.1. The Morgan fingerprint density at radius 2 is 0.846 bits per heavy atom. The van der Waals surface area contributed by atoms with Gasteiger partial charge in [-0.15, -0.1) is 0 Å². The van der Waals surface area contributed by atoms with E-state index in [1.807, 2.05) is 0 Å². The minimum absolute atomic E-state index is 0.556. The molecule has 7 aromatic rings. The van der Waals surface area contributed by atoms with Gasteiger partial charge in [0.05, 0.1) is 10.8 Å². The fourth-order valence-corrected chi connectivity index (χ4v) is 8.94. The maximum atomic E-state index is 4.98. The fourth-order valence-electron chi connectivity index (χ4n) is 8.94. The van der Waals surface area contributed by atoms with Gasteiger partial charge in [0.1, 0.15) is 0 Å². The maximum absolute atomic E-state index is 4.98. The Morgan fingerprint density at radius 3 is 1.35 bits per heavy atom. The van der Waals surface area contributed by atoms with Crippen LogP contribution in [-0.2, 0) is 17.3 Å². The highest BCUT2D eigenvalue weighted by Crippen LogP contribution is 2.61. The number of benzene rings is 7. The van der Waals surface area contributed by atoms with Crippen molar-refractivity contribution < 1.29 is 0 Å². The van der Waals surface area contributed by atoms with Gasteiger partial charge >= 0.3 is 0 Å². The zero-order chi connectivity index (χ0) is 35.0. The topological polar surface area (TPSA) is 3.24 Å². The van der Waals surface area contributed by atoms with Gasteiger partial charge in [-0.1, -0.05) is 183 Å². The summed E-state index contributed by atoms with van der Waals surface area (Å²) in [5.74, 6) is 0. The molecule has 7 aromatic carbocycles. The average molecular weight is 666 g/mol. The SMILES string of the molecule is C=C1/C=C\C=C/Cc2ccc(N(c3ccccc3)c3ccccc3)cc2C12c1ccccc1C(c1ccccc1)(c1ccccc1)c1ccccc12. The highest BCUT2D eigenvalue weighted by Gasteiger charge is 2.54.